The van der Waals surface area contributed by atoms with E-state index in [4.69, 9.17) is 4.74 Å². The fourth-order valence-corrected chi connectivity index (χ4v) is 1.84. The summed E-state index contributed by atoms with van der Waals surface area (Å²) in [4.78, 5) is 0. The summed E-state index contributed by atoms with van der Waals surface area (Å²) in [5.41, 5.74) is 2.52. The minimum Gasteiger partial charge on any atom is -0.496 e. The molecule has 16 heavy (non-hydrogen) atoms. The minimum absolute atomic E-state index is 0.424. The van der Waals surface area contributed by atoms with E-state index in [1.807, 2.05) is 19.2 Å². The third-order valence-electron chi connectivity index (χ3n) is 2.76. The van der Waals surface area contributed by atoms with Gasteiger partial charge in [0.25, 0.3) is 0 Å². The fraction of sp³-hybridized carbons (Fsp3) is 0.429. The van der Waals surface area contributed by atoms with Gasteiger partial charge in [0.05, 0.1) is 7.11 Å². The number of rotatable bonds is 6. The van der Waals surface area contributed by atoms with E-state index in [9.17, 15) is 0 Å². The first-order valence-corrected chi connectivity index (χ1v) is 5.63. The van der Waals surface area contributed by atoms with Crippen molar-refractivity contribution in [3.05, 3.63) is 42.0 Å². The van der Waals surface area contributed by atoms with E-state index in [1.165, 1.54) is 11.1 Å². The van der Waals surface area contributed by atoms with Gasteiger partial charge < -0.3 is 10.1 Å². The van der Waals surface area contributed by atoms with Crippen molar-refractivity contribution in [2.75, 3.05) is 14.2 Å². The summed E-state index contributed by atoms with van der Waals surface area (Å²) in [5, 5.41) is 3.30. The number of likely N-dealkylation sites (N-methyl/N-ethyl adjacent to an activating group) is 1. The predicted molar refractivity (Wildman–Crippen MR) is 69.1 cm³/mol. The normalized spacial score (nSPS) is 12.2. The average molecular weight is 219 g/mol. The summed E-state index contributed by atoms with van der Waals surface area (Å²) in [5.74, 6) is 0.968. The van der Waals surface area contributed by atoms with Crippen LogP contribution in [0.3, 0.4) is 0 Å². The Morgan fingerprint density at radius 3 is 2.81 bits per heavy atom. The Labute approximate surface area is 98.3 Å². The van der Waals surface area contributed by atoms with Crippen LogP contribution in [0, 0.1) is 6.92 Å². The van der Waals surface area contributed by atoms with Crippen LogP contribution in [0.2, 0.25) is 0 Å². The third-order valence-corrected chi connectivity index (χ3v) is 2.76. The van der Waals surface area contributed by atoms with Crippen molar-refractivity contribution < 1.29 is 4.74 Å². The van der Waals surface area contributed by atoms with Crippen molar-refractivity contribution in [1.29, 1.82) is 0 Å². The van der Waals surface area contributed by atoms with Gasteiger partial charge in [-0.3, -0.25) is 0 Å². The second kappa shape index (κ2) is 6.33. The molecule has 1 aromatic carbocycles. The Morgan fingerprint density at radius 2 is 2.25 bits per heavy atom. The van der Waals surface area contributed by atoms with E-state index < -0.39 is 0 Å². The van der Waals surface area contributed by atoms with Crippen LogP contribution in [0.4, 0.5) is 0 Å². The number of aryl methyl sites for hydroxylation is 1. The number of hydrogen-bond donors (Lipinski definition) is 1. The van der Waals surface area contributed by atoms with Crippen LogP contribution in [-0.2, 0) is 6.42 Å². The monoisotopic (exact) mass is 219 g/mol. The summed E-state index contributed by atoms with van der Waals surface area (Å²) in [6.07, 6.45) is 3.88. The zero-order valence-electron chi connectivity index (χ0n) is 10.4. The van der Waals surface area contributed by atoms with Crippen molar-refractivity contribution in [1.82, 2.24) is 5.32 Å². The van der Waals surface area contributed by atoms with Gasteiger partial charge in [0, 0.05) is 6.04 Å². The zero-order chi connectivity index (χ0) is 12.0. The van der Waals surface area contributed by atoms with Crippen molar-refractivity contribution in [3.8, 4) is 5.75 Å². The largest absolute Gasteiger partial charge is 0.496 e. The van der Waals surface area contributed by atoms with Gasteiger partial charge >= 0.3 is 0 Å². The number of ether oxygens (including phenoxy) is 1. The second-order valence-corrected chi connectivity index (χ2v) is 4.03. The summed E-state index contributed by atoms with van der Waals surface area (Å²) >= 11 is 0. The highest BCUT2D eigenvalue weighted by Crippen LogP contribution is 2.21. The molecule has 0 aliphatic rings. The van der Waals surface area contributed by atoms with Gasteiger partial charge in [-0.25, -0.2) is 0 Å². The van der Waals surface area contributed by atoms with Gasteiger partial charge in [-0.2, -0.15) is 0 Å². The molecule has 2 heteroatoms. The van der Waals surface area contributed by atoms with E-state index in [2.05, 4.69) is 31.0 Å². The Kier molecular flexibility index (Phi) is 5.06. The molecule has 1 aromatic rings. The zero-order valence-corrected chi connectivity index (χ0v) is 10.4. The van der Waals surface area contributed by atoms with Gasteiger partial charge in [-0.15, -0.1) is 6.58 Å². The summed E-state index contributed by atoms with van der Waals surface area (Å²) < 4.78 is 5.37. The van der Waals surface area contributed by atoms with Crippen LogP contribution in [0.15, 0.2) is 30.9 Å². The quantitative estimate of drug-likeness (QED) is 0.743. The molecule has 0 aliphatic carbocycles. The smallest absolute Gasteiger partial charge is 0.122 e. The Hall–Kier alpha value is -1.28. The molecule has 0 fully saturated rings. The van der Waals surface area contributed by atoms with Crippen LogP contribution in [0.1, 0.15) is 17.5 Å². The van der Waals surface area contributed by atoms with Crippen molar-refractivity contribution in [2.45, 2.75) is 25.8 Å². The van der Waals surface area contributed by atoms with Gasteiger partial charge in [0.15, 0.2) is 0 Å². The van der Waals surface area contributed by atoms with Crippen molar-refractivity contribution in [3.63, 3.8) is 0 Å². The number of methoxy groups -OCH3 is 1. The molecule has 1 rings (SSSR count). The average Bonchev–Trinajstić information content (AvgIpc) is 2.29. The maximum absolute atomic E-state index is 5.37. The summed E-state index contributed by atoms with van der Waals surface area (Å²) in [7, 11) is 3.70. The van der Waals surface area contributed by atoms with Crippen LogP contribution in [0.5, 0.6) is 5.75 Å². The number of nitrogens with one attached hydrogen (secondary N) is 1. The molecule has 2 nitrogen and oxygen atoms in total. The molecule has 0 heterocycles. The first-order valence-electron chi connectivity index (χ1n) is 5.63. The molecule has 0 aliphatic heterocycles. The molecule has 0 bridgehead atoms. The van der Waals surface area contributed by atoms with E-state index in [-0.39, 0.29) is 0 Å². The first-order chi connectivity index (χ1) is 7.71. The molecule has 1 N–H and O–H groups in total. The van der Waals surface area contributed by atoms with Crippen LogP contribution < -0.4 is 10.1 Å². The highest BCUT2D eigenvalue weighted by Gasteiger charge is 2.09. The Morgan fingerprint density at radius 1 is 1.50 bits per heavy atom. The third kappa shape index (κ3) is 3.38. The minimum atomic E-state index is 0.424. The lowest BCUT2D eigenvalue weighted by molar-refractivity contribution is 0.406. The maximum atomic E-state index is 5.37. The topological polar surface area (TPSA) is 21.3 Å². The standard InChI is InChI=1S/C14H21NO/c1-5-6-13(15-3)10-12-9-11(2)7-8-14(12)16-4/h5,7-9,13,15H,1,6,10H2,2-4H3. The SMILES string of the molecule is C=CCC(Cc1cc(C)ccc1OC)NC. The van der Waals surface area contributed by atoms with E-state index in [0.29, 0.717) is 6.04 Å². The Balaban J connectivity index is 2.84. The summed E-state index contributed by atoms with van der Waals surface area (Å²) in [6.45, 7) is 5.88. The molecule has 1 unspecified atom stereocenters. The first kappa shape index (κ1) is 12.8. The van der Waals surface area contributed by atoms with Gasteiger partial charge in [0.1, 0.15) is 5.75 Å². The molecule has 88 valence electrons. The lowest BCUT2D eigenvalue weighted by Crippen LogP contribution is -2.27. The fourth-order valence-electron chi connectivity index (χ4n) is 1.84. The predicted octanol–water partition coefficient (Wildman–Crippen LogP) is 2.71. The lowest BCUT2D eigenvalue weighted by atomic mass is 10.0. The highest BCUT2D eigenvalue weighted by molar-refractivity contribution is 5.37. The van der Waals surface area contributed by atoms with Gasteiger partial charge in [0.2, 0.25) is 0 Å². The number of hydrogen-bond acceptors (Lipinski definition) is 2. The van der Waals surface area contributed by atoms with Crippen molar-refractivity contribution >= 4 is 0 Å². The molecule has 0 spiro atoms. The van der Waals surface area contributed by atoms with Crippen LogP contribution >= 0.6 is 0 Å². The molecular formula is C14H21NO. The Bertz CT molecular complexity index is 347. The molecule has 1 atom stereocenters. The lowest BCUT2D eigenvalue weighted by Gasteiger charge is -2.16. The molecule has 0 saturated heterocycles. The van der Waals surface area contributed by atoms with Gasteiger partial charge in [-0.05, 0) is 38.4 Å². The van der Waals surface area contributed by atoms with Crippen LogP contribution in [-0.4, -0.2) is 20.2 Å². The molecule has 0 aromatic heterocycles. The molecule has 0 saturated carbocycles. The molecule has 0 radical (unpaired) electrons. The highest BCUT2D eigenvalue weighted by atomic mass is 16.5. The van der Waals surface area contributed by atoms with E-state index >= 15 is 0 Å². The van der Waals surface area contributed by atoms with E-state index in [0.717, 1.165) is 18.6 Å². The van der Waals surface area contributed by atoms with E-state index in [1.54, 1.807) is 7.11 Å². The van der Waals surface area contributed by atoms with Gasteiger partial charge in [-0.1, -0.05) is 23.8 Å². The summed E-state index contributed by atoms with van der Waals surface area (Å²) in [6, 6.07) is 6.72. The second-order valence-electron chi connectivity index (χ2n) is 4.03. The molecular weight excluding hydrogens is 198 g/mol. The number of benzene rings is 1. The molecule has 0 amide bonds. The maximum Gasteiger partial charge on any atom is 0.122 e. The van der Waals surface area contributed by atoms with Crippen LogP contribution in [0.25, 0.3) is 0 Å². The van der Waals surface area contributed by atoms with Crippen molar-refractivity contribution in [2.24, 2.45) is 0 Å².